The van der Waals surface area contributed by atoms with Crippen molar-refractivity contribution >= 4 is 27.3 Å². The van der Waals surface area contributed by atoms with E-state index in [9.17, 15) is 17.6 Å². The van der Waals surface area contributed by atoms with Gasteiger partial charge in [0.2, 0.25) is 10.0 Å². The molecule has 1 N–H and O–H groups in total. The van der Waals surface area contributed by atoms with Crippen molar-refractivity contribution in [2.24, 2.45) is 0 Å². The highest BCUT2D eigenvalue weighted by Crippen LogP contribution is 2.22. The number of carbonyl (C=O) groups is 1. The van der Waals surface area contributed by atoms with Gasteiger partial charge in [-0.3, -0.25) is 0 Å². The van der Waals surface area contributed by atoms with Crippen LogP contribution in [-0.4, -0.2) is 28.0 Å². The van der Waals surface area contributed by atoms with Gasteiger partial charge in [-0.05, 0) is 35.6 Å². The molecule has 1 aromatic heterocycles. The number of rotatable bonds is 6. The minimum absolute atomic E-state index is 0.0285. The maximum absolute atomic E-state index is 13.0. The summed E-state index contributed by atoms with van der Waals surface area (Å²) >= 11 is 0.998. The zero-order valence-electron chi connectivity index (χ0n) is 11.7. The van der Waals surface area contributed by atoms with Crippen molar-refractivity contribution in [1.29, 1.82) is 0 Å². The lowest BCUT2D eigenvalue weighted by molar-refractivity contribution is 0.0602. The number of halogens is 1. The van der Waals surface area contributed by atoms with Crippen molar-refractivity contribution in [3.63, 3.8) is 0 Å². The van der Waals surface area contributed by atoms with Crippen LogP contribution in [0.3, 0.4) is 0 Å². The number of methoxy groups -OCH3 is 1. The summed E-state index contributed by atoms with van der Waals surface area (Å²) in [6, 6.07) is 7.29. The fraction of sp³-hybridized carbons (Fsp3) is 0.214. The Kier molecular flexibility index (Phi) is 5.28. The summed E-state index contributed by atoms with van der Waals surface area (Å²) in [4.78, 5) is 11.4. The average Bonchev–Trinajstić information content (AvgIpc) is 2.96. The van der Waals surface area contributed by atoms with Crippen LogP contribution in [0.25, 0.3) is 0 Å². The number of ether oxygens (including phenoxy) is 1. The van der Waals surface area contributed by atoms with E-state index in [4.69, 9.17) is 0 Å². The van der Waals surface area contributed by atoms with Crippen LogP contribution in [0.5, 0.6) is 0 Å². The molecule has 0 aliphatic heterocycles. The van der Waals surface area contributed by atoms with Crippen LogP contribution < -0.4 is 4.72 Å². The number of hydrogen-bond donors (Lipinski definition) is 1. The van der Waals surface area contributed by atoms with E-state index >= 15 is 0 Å². The maximum Gasteiger partial charge on any atom is 0.349 e. The summed E-state index contributed by atoms with van der Waals surface area (Å²) < 4.78 is 44.4. The molecular formula is C14H14FNO4S2. The zero-order valence-corrected chi connectivity index (χ0v) is 13.3. The van der Waals surface area contributed by atoms with Crippen LogP contribution in [0.4, 0.5) is 4.39 Å². The number of esters is 1. The molecule has 0 saturated heterocycles. The first-order chi connectivity index (χ1) is 10.4. The van der Waals surface area contributed by atoms with Crippen molar-refractivity contribution < 1.29 is 22.3 Å². The predicted molar refractivity (Wildman–Crippen MR) is 81.0 cm³/mol. The van der Waals surface area contributed by atoms with Crippen molar-refractivity contribution in [1.82, 2.24) is 4.72 Å². The van der Waals surface area contributed by atoms with E-state index in [1.165, 1.54) is 30.7 Å². The van der Waals surface area contributed by atoms with Gasteiger partial charge in [0.25, 0.3) is 0 Å². The Labute approximate surface area is 131 Å². The fourth-order valence-electron chi connectivity index (χ4n) is 1.85. The van der Waals surface area contributed by atoms with Crippen molar-refractivity contribution in [3.05, 3.63) is 52.0 Å². The third kappa shape index (κ3) is 3.90. The van der Waals surface area contributed by atoms with Crippen molar-refractivity contribution in [3.8, 4) is 0 Å². The van der Waals surface area contributed by atoms with Crippen LogP contribution in [0.15, 0.2) is 40.6 Å². The molecule has 0 aliphatic carbocycles. The molecule has 0 bridgehead atoms. The molecule has 0 amide bonds. The third-order valence-corrected chi connectivity index (χ3v) is 5.41. The highest BCUT2D eigenvalue weighted by Gasteiger charge is 2.24. The van der Waals surface area contributed by atoms with E-state index in [2.05, 4.69) is 9.46 Å². The van der Waals surface area contributed by atoms with Crippen LogP contribution in [0.1, 0.15) is 15.2 Å². The van der Waals surface area contributed by atoms with E-state index in [0.717, 1.165) is 11.3 Å². The summed E-state index contributed by atoms with van der Waals surface area (Å²) in [5.74, 6) is -1.06. The average molecular weight is 343 g/mol. The second-order valence-electron chi connectivity index (χ2n) is 4.38. The van der Waals surface area contributed by atoms with E-state index in [1.54, 1.807) is 12.1 Å². The number of sulfonamides is 1. The summed E-state index contributed by atoms with van der Waals surface area (Å²) in [5, 5.41) is 1.51. The molecule has 1 heterocycles. The van der Waals surface area contributed by atoms with Gasteiger partial charge in [0.05, 0.1) is 7.11 Å². The molecule has 2 aromatic rings. The summed E-state index contributed by atoms with van der Waals surface area (Å²) in [7, 11) is -2.63. The Balaban J connectivity index is 2.06. The molecule has 0 atom stereocenters. The smallest absolute Gasteiger partial charge is 0.349 e. The predicted octanol–water partition coefficient (Wildman–Crippen LogP) is 2.19. The molecule has 0 spiro atoms. The highest BCUT2D eigenvalue weighted by molar-refractivity contribution is 7.89. The monoisotopic (exact) mass is 343 g/mol. The highest BCUT2D eigenvalue weighted by atomic mass is 32.2. The van der Waals surface area contributed by atoms with Gasteiger partial charge in [-0.1, -0.05) is 12.1 Å². The van der Waals surface area contributed by atoms with Crippen molar-refractivity contribution in [2.75, 3.05) is 13.7 Å². The molecular weight excluding hydrogens is 329 g/mol. The second kappa shape index (κ2) is 6.99. The second-order valence-corrected chi connectivity index (χ2v) is 7.03. The molecule has 2 rings (SSSR count). The molecule has 0 radical (unpaired) electrons. The Bertz CT molecular complexity index is 771. The molecule has 0 saturated carbocycles. The standard InChI is InChI=1S/C14H14FNO4S2/c1-20-14(17)13-12(6-8-21-13)22(18,19)16-7-5-10-3-2-4-11(15)9-10/h2-4,6,8-9,16H,5,7H2,1H3. The molecule has 1 aromatic carbocycles. The summed E-state index contributed by atoms with van der Waals surface area (Å²) in [5.41, 5.74) is 0.682. The number of nitrogens with one attached hydrogen (secondary N) is 1. The summed E-state index contributed by atoms with van der Waals surface area (Å²) in [6.45, 7) is 0.0995. The fourth-order valence-corrected chi connectivity index (χ4v) is 4.22. The normalized spacial score (nSPS) is 11.4. The van der Waals surface area contributed by atoms with E-state index in [1.807, 2.05) is 0 Å². The molecule has 22 heavy (non-hydrogen) atoms. The van der Waals surface area contributed by atoms with Crippen LogP contribution in [-0.2, 0) is 21.2 Å². The SMILES string of the molecule is COC(=O)c1sccc1S(=O)(=O)NCCc1cccc(F)c1. The summed E-state index contributed by atoms with van der Waals surface area (Å²) in [6.07, 6.45) is 0.342. The number of benzene rings is 1. The van der Waals surface area contributed by atoms with Gasteiger partial charge in [0, 0.05) is 6.54 Å². The van der Waals surface area contributed by atoms with Gasteiger partial charge in [-0.25, -0.2) is 22.3 Å². The molecule has 0 unspecified atom stereocenters. The molecule has 0 fully saturated rings. The lowest BCUT2D eigenvalue weighted by atomic mass is 10.1. The Morgan fingerprint density at radius 2 is 2.14 bits per heavy atom. The number of thiophene rings is 1. The van der Waals surface area contributed by atoms with Gasteiger partial charge in [-0.15, -0.1) is 11.3 Å². The molecule has 8 heteroatoms. The van der Waals surface area contributed by atoms with E-state index < -0.39 is 16.0 Å². The maximum atomic E-state index is 13.0. The van der Waals surface area contributed by atoms with Gasteiger partial charge in [0.1, 0.15) is 15.6 Å². The minimum Gasteiger partial charge on any atom is -0.465 e. The lowest BCUT2D eigenvalue weighted by Gasteiger charge is -2.07. The van der Waals surface area contributed by atoms with Crippen LogP contribution in [0, 0.1) is 5.82 Å². The van der Waals surface area contributed by atoms with Gasteiger partial charge < -0.3 is 4.74 Å². The van der Waals surface area contributed by atoms with Gasteiger partial charge >= 0.3 is 5.97 Å². The minimum atomic E-state index is -3.82. The number of hydrogen-bond acceptors (Lipinski definition) is 5. The van der Waals surface area contributed by atoms with E-state index in [0.29, 0.717) is 12.0 Å². The van der Waals surface area contributed by atoms with Crippen LogP contribution >= 0.6 is 11.3 Å². The van der Waals surface area contributed by atoms with Gasteiger partial charge in [-0.2, -0.15) is 0 Å². The first-order valence-corrected chi connectivity index (χ1v) is 8.70. The van der Waals surface area contributed by atoms with Crippen molar-refractivity contribution in [2.45, 2.75) is 11.3 Å². The Morgan fingerprint density at radius 1 is 1.36 bits per heavy atom. The lowest BCUT2D eigenvalue weighted by Crippen LogP contribution is -2.27. The third-order valence-electron chi connectivity index (χ3n) is 2.88. The van der Waals surface area contributed by atoms with Crippen LogP contribution in [0.2, 0.25) is 0 Å². The quantitative estimate of drug-likeness (QED) is 0.816. The Hall–Kier alpha value is -1.77. The Morgan fingerprint density at radius 3 is 2.82 bits per heavy atom. The first kappa shape index (κ1) is 16.6. The largest absolute Gasteiger partial charge is 0.465 e. The molecule has 118 valence electrons. The topological polar surface area (TPSA) is 72.5 Å². The zero-order chi connectivity index (χ0) is 16.2. The molecule has 0 aliphatic rings. The van der Waals surface area contributed by atoms with Gasteiger partial charge in [0.15, 0.2) is 0 Å². The van der Waals surface area contributed by atoms with E-state index in [-0.39, 0.29) is 22.1 Å². The first-order valence-electron chi connectivity index (χ1n) is 6.34. The molecule has 5 nitrogen and oxygen atoms in total. The number of carbonyl (C=O) groups excluding carboxylic acids is 1.